The number of furan rings is 1. The lowest BCUT2D eigenvalue weighted by molar-refractivity contribution is 0.669. The van der Waals surface area contributed by atoms with E-state index >= 15 is 0 Å². The largest absolute Gasteiger partial charge is 0.456 e. The molecular weight excluding hydrogens is 809 g/mol. The van der Waals surface area contributed by atoms with Crippen LogP contribution in [0.4, 0.5) is 0 Å². The van der Waals surface area contributed by atoms with Crippen LogP contribution in [0.5, 0.6) is 0 Å². The molecule has 0 atom stereocenters. The van der Waals surface area contributed by atoms with E-state index in [-0.39, 0.29) is 45.5 Å². The second kappa shape index (κ2) is 16.0. The summed E-state index contributed by atoms with van der Waals surface area (Å²) < 4.78 is 108. The summed E-state index contributed by atoms with van der Waals surface area (Å²) in [5.74, 6) is 0. The van der Waals surface area contributed by atoms with Gasteiger partial charge in [0.15, 0.2) is 0 Å². The Kier molecular flexibility index (Phi) is 6.91. The molecule has 13 aromatic rings. The molecule has 12 aromatic carbocycles. The SMILES string of the molecule is [2H]c1cc2c(cc1-c1ccc3ccc4ccccc4c3c1)oc1ccc([2H])c(-c3c([2H])c([2H])c(-c4cc(-c5ccc(-c6ccccc6)c(-c6ccc7ccccc7c6)c5)cc(-c5c([2H])c([2H])c([2H])c([2H])c5[2H])c4)c([2H])c3[2H])c12. The Morgan fingerprint density at radius 2 is 0.881 bits per heavy atom. The fourth-order valence-corrected chi connectivity index (χ4v) is 9.48. The minimum Gasteiger partial charge on any atom is -0.456 e. The Balaban J connectivity index is 0.997. The molecule has 0 unspecified atom stereocenters. The molecule has 0 bridgehead atoms. The maximum atomic E-state index is 9.73. The van der Waals surface area contributed by atoms with Crippen molar-refractivity contribution in [2.75, 3.05) is 0 Å². The van der Waals surface area contributed by atoms with Crippen molar-refractivity contribution in [1.82, 2.24) is 0 Å². The van der Waals surface area contributed by atoms with Gasteiger partial charge in [-0.05, 0) is 165 Å². The van der Waals surface area contributed by atoms with Gasteiger partial charge in [-0.25, -0.2) is 0 Å². The van der Waals surface area contributed by atoms with E-state index in [1.54, 1.807) is 36.4 Å². The predicted molar refractivity (Wildman–Crippen MR) is 284 cm³/mol. The number of hydrogen-bond donors (Lipinski definition) is 0. The quantitative estimate of drug-likeness (QED) is 0.146. The van der Waals surface area contributed by atoms with Crippen LogP contribution in [-0.2, 0) is 0 Å². The second-order valence-corrected chi connectivity index (χ2v) is 16.8. The molecule has 0 fully saturated rings. The number of fused-ring (bicyclic) bond motifs is 7. The van der Waals surface area contributed by atoms with E-state index in [1.165, 1.54) is 6.07 Å². The van der Waals surface area contributed by atoms with Crippen molar-refractivity contribution in [3.8, 4) is 77.9 Å². The van der Waals surface area contributed by atoms with E-state index in [0.29, 0.717) is 38.6 Å². The monoisotopic (exact) mass is 861 g/mol. The Morgan fingerprint density at radius 1 is 0.254 bits per heavy atom. The summed E-state index contributed by atoms with van der Waals surface area (Å²) in [6.07, 6.45) is 0. The van der Waals surface area contributed by atoms with Crippen molar-refractivity contribution in [2.24, 2.45) is 0 Å². The average molecular weight is 862 g/mol. The van der Waals surface area contributed by atoms with Gasteiger partial charge >= 0.3 is 0 Å². The van der Waals surface area contributed by atoms with Crippen molar-refractivity contribution in [2.45, 2.75) is 0 Å². The molecule has 1 heterocycles. The summed E-state index contributed by atoms with van der Waals surface area (Å²) in [7, 11) is 0. The Hall–Kier alpha value is -8.78. The molecule has 0 aliphatic carbocycles. The zero-order chi connectivity index (χ0) is 53.8. The van der Waals surface area contributed by atoms with Crippen LogP contribution in [0.1, 0.15) is 15.1 Å². The van der Waals surface area contributed by atoms with Crippen molar-refractivity contribution < 1.29 is 19.5 Å². The lowest BCUT2D eigenvalue weighted by Gasteiger charge is -2.16. The van der Waals surface area contributed by atoms with Crippen LogP contribution in [-0.4, -0.2) is 0 Å². The van der Waals surface area contributed by atoms with Crippen LogP contribution in [0.25, 0.3) is 132 Å². The molecule has 67 heavy (non-hydrogen) atoms. The number of hydrogen-bond acceptors (Lipinski definition) is 1. The number of rotatable bonds is 7. The van der Waals surface area contributed by atoms with Gasteiger partial charge in [-0.2, -0.15) is 0 Å². The first-order valence-corrected chi connectivity index (χ1v) is 22.1. The molecule has 0 radical (unpaired) electrons. The molecule has 0 aliphatic heterocycles. The maximum absolute atomic E-state index is 9.73. The third kappa shape index (κ3) is 6.97. The highest BCUT2D eigenvalue weighted by Gasteiger charge is 2.16. The van der Waals surface area contributed by atoms with E-state index in [2.05, 4.69) is 60.7 Å². The smallest absolute Gasteiger partial charge is 0.136 e. The maximum Gasteiger partial charge on any atom is 0.136 e. The van der Waals surface area contributed by atoms with E-state index in [9.17, 15) is 8.22 Å². The number of benzene rings is 12. The highest BCUT2D eigenvalue weighted by Crippen LogP contribution is 2.42. The molecule has 0 aliphatic rings. The highest BCUT2D eigenvalue weighted by atomic mass is 16.3. The van der Waals surface area contributed by atoms with Crippen LogP contribution >= 0.6 is 0 Å². The van der Waals surface area contributed by atoms with Gasteiger partial charge in [-0.15, -0.1) is 0 Å². The van der Waals surface area contributed by atoms with E-state index in [4.69, 9.17) is 11.3 Å². The predicted octanol–water partition coefficient (Wildman–Crippen LogP) is 18.7. The molecular formula is C66H42O. The topological polar surface area (TPSA) is 13.1 Å². The standard InChI is InChI=1S/C66H42O/c1-3-12-43(13-4-1)55-37-56(39-57(38-55)52-32-34-59(46-15-5-2-6-16-46)63(41-52)54-31-24-44-14-7-8-18-50(44)36-54)45-22-25-48(26-23-45)60-20-11-21-64-66(60)61-35-33-53(42-65(61)67-64)51-30-29-49-28-27-47-17-9-10-19-58(47)62(49)40-51/h1-42H/i1D,3D,4D,12D,13D,20D,22D,23D,25D,26D,33D. The molecule has 13 rings (SSSR count). The Labute approximate surface area is 404 Å². The highest BCUT2D eigenvalue weighted by molar-refractivity contribution is 6.14. The molecule has 1 heteroatoms. The van der Waals surface area contributed by atoms with Gasteiger partial charge in [0.2, 0.25) is 0 Å². The zero-order valence-electron chi connectivity index (χ0n) is 46.8. The van der Waals surface area contributed by atoms with Gasteiger partial charge in [0.25, 0.3) is 0 Å². The van der Waals surface area contributed by atoms with Gasteiger partial charge in [0, 0.05) is 10.8 Å². The molecule has 0 saturated carbocycles. The first-order valence-electron chi connectivity index (χ1n) is 27.6. The molecule has 312 valence electrons. The summed E-state index contributed by atoms with van der Waals surface area (Å²) >= 11 is 0. The molecule has 0 saturated heterocycles. The van der Waals surface area contributed by atoms with Crippen LogP contribution in [0.2, 0.25) is 0 Å². The first-order chi connectivity index (χ1) is 37.7. The van der Waals surface area contributed by atoms with Crippen molar-refractivity contribution in [1.29, 1.82) is 0 Å². The zero-order valence-corrected chi connectivity index (χ0v) is 35.8. The van der Waals surface area contributed by atoms with Crippen LogP contribution in [0.3, 0.4) is 0 Å². The fraction of sp³-hybridized carbons (Fsp3) is 0. The van der Waals surface area contributed by atoms with Gasteiger partial charge < -0.3 is 4.42 Å². The van der Waals surface area contributed by atoms with Crippen molar-refractivity contribution in [3.63, 3.8) is 0 Å². The van der Waals surface area contributed by atoms with Crippen molar-refractivity contribution >= 4 is 54.3 Å². The summed E-state index contributed by atoms with van der Waals surface area (Å²) in [4.78, 5) is 0. The van der Waals surface area contributed by atoms with Crippen LogP contribution in [0, 0.1) is 0 Å². The summed E-state index contributed by atoms with van der Waals surface area (Å²) in [5, 5.41) is 7.29. The molecule has 0 spiro atoms. The third-order valence-electron chi connectivity index (χ3n) is 12.8. The van der Waals surface area contributed by atoms with Gasteiger partial charge in [-0.3, -0.25) is 0 Å². The Bertz CT molecular complexity index is 4640. The minimum atomic E-state index is -0.552. The Morgan fingerprint density at radius 3 is 1.70 bits per heavy atom. The van der Waals surface area contributed by atoms with Gasteiger partial charge in [0.1, 0.15) is 11.2 Å². The van der Waals surface area contributed by atoms with Crippen LogP contribution < -0.4 is 0 Å². The van der Waals surface area contributed by atoms with E-state index in [1.807, 2.05) is 84.9 Å². The molecule has 1 nitrogen and oxygen atoms in total. The summed E-state index contributed by atoms with van der Waals surface area (Å²) in [5.41, 5.74) is 7.45. The van der Waals surface area contributed by atoms with Gasteiger partial charge in [-0.1, -0.05) is 200 Å². The third-order valence-corrected chi connectivity index (χ3v) is 12.8. The van der Waals surface area contributed by atoms with E-state index < -0.39 is 54.4 Å². The average Bonchev–Trinajstić information content (AvgIpc) is 3.94. The second-order valence-electron chi connectivity index (χ2n) is 16.8. The normalized spacial score (nSPS) is 13.9. The van der Waals surface area contributed by atoms with Gasteiger partial charge in [0.05, 0.1) is 15.1 Å². The molecule has 1 aromatic heterocycles. The lowest BCUT2D eigenvalue weighted by atomic mass is 9.88. The first kappa shape index (κ1) is 28.9. The molecule has 0 N–H and O–H groups in total. The molecule has 0 amide bonds. The fourth-order valence-electron chi connectivity index (χ4n) is 9.48. The minimum absolute atomic E-state index is 0.0672. The summed E-state index contributed by atoms with van der Waals surface area (Å²) in [6, 6.07) is 56.4. The van der Waals surface area contributed by atoms with Crippen LogP contribution in [0.15, 0.2) is 259 Å². The lowest BCUT2D eigenvalue weighted by Crippen LogP contribution is -1.90. The van der Waals surface area contributed by atoms with Crippen molar-refractivity contribution in [3.05, 3.63) is 255 Å². The van der Waals surface area contributed by atoms with E-state index in [0.717, 1.165) is 60.1 Å². The summed E-state index contributed by atoms with van der Waals surface area (Å²) in [6.45, 7) is 0.